The van der Waals surface area contributed by atoms with Gasteiger partial charge in [0.2, 0.25) is 0 Å². The Morgan fingerprint density at radius 3 is 2.84 bits per heavy atom. The SMILES string of the molecule is COC(=O)C1(CNCc2cc(Br)ccc2C)COC1. The zero-order valence-electron chi connectivity index (χ0n) is 11.2. The van der Waals surface area contributed by atoms with Gasteiger partial charge in [-0.25, -0.2) is 0 Å². The maximum Gasteiger partial charge on any atom is 0.317 e. The first kappa shape index (κ1) is 14.5. The van der Waals surface area contributed by atoms with Gasteiger partial charge in [-0.05, 0) is 30.2 Å². The van der Waals surface area contributed by atoms with Gasteiger partial charge < -0.3 is 14.8 Å². The van der Waals surface area contributed by atoms with Gasteiger partial charge in [0.25, 0.3) is 0 Å². The van der Waals surface area contributed by atoms with Crippen molar-refractivity contribution in [3.63, 3.8) is 0 Å². The molecule has 0 radical (unpaired) electrons. The average Bonchev–Trinajstić information content (AvgIpc) is 2.35. The van der Waals surface area contributed by atoms with Crippen molar-refractivity contribution in [2.24, 2.45) is 5.41 Å². The van der Waals surface area contributed by atoms with E-state index < -0.39 is 5.41 Å². The third kappa shape index (κ3) is 3.16. The monoisotopic (exact) mass is 327 g/mol. The first-order valence-electron chi connectivity index (χ1n) is 6.19. The molecule has 0 spiro atoms. The molecule has 0 atom stereocenters. The summed E-state index contributed by atoms with van der Waals surface area (Å²) in [5, 5.41) is 3.33. The Kier molecular flexibility index (Phi) is 4.60. The van der Waals surface area contributed by atoms with E-state index in [1.165, 1.54) is 18.2 Å². The fourth-order valence-electron chi connectivity index (χ4n) is 2.12. The van der Waals surface area contributed by atoms with Gasteiger partial charge in [-0.2, -0.15) is 0 Å². The number of methoxy groups -OCH3 is 1. The van der Waals surface area contributed by atoms with Crippen LogP contribution in [0.4, 0.5) is 0 Å². The highest BCUT2D eigenvalue weighted by Crippen LogP contribution is 2.28. The molecule has 5 heteroatoms. The van der Waals surface area contributed by atoms with Gasteiger partial charge in [-0.15, -0.1) is 0 Å². The van der Waals surface area contributed by atoms with E-state index in [1.54, 1.807) is 0 Å². The summed E-state index contributed by atoms with van der Waals surface area (Å²) in [6, 6.07) is 6.18. The number of carbonyl (C=O) groups excluding carboxylic acids is 1. The molecule has 2 rings (SSSR count). The van der Waals surface area contributed by atoms with Crippen molar-refractivity contribution in [2.75, 3.05) is 26.9 Å². The Hall–Kier alpha value is -0.910. The van der Waals surface area contributed by atoms with Crippen molar-refractivity contribution >= 4 is 21.9 Å². The predicted octanol–water partition coefficient (Wildman–Crippen LogP) is 2.04. The summed E-state index contributed by atoms with van der Waals surface area (Å²) in [4.78, 5) is 11.7. The fraction of sp³-hybridized carbons (Fsp3) is 0.500. The zero-order chi connectivity index (χ0) is 13.9. The number of nitrogens with one attached hydrogen (secondary N) is 1. The van der Waals surface area contributed by atoms with Crippen LogP contribution < -0.4 is 5.32 Å². The number of carbonyl (C=O) groups is 1. The second-order valence-electron chi connectivity index (χ2n) is 4.94. The topological polar surface area (TPSA) is 47.6 Å². The van der Waals surface area contributed by atoms with Crippen LogP contribution in [-0.2, 0) is 20.8 Å². The number of hydrogen-bond donors (Lipinski definition) is 1. The van der Waals surface area contributed by atoms with Crippen molar-refractivity contribution in [1.29, 1.82) is 0 Å². The normalized spacial score (nSPS) is 16.8. The lowest BCUT2D eigenvalue weighted by atomic mass is 9.86. The number of ether oxygens (including phenoxy) is 2. The largest absolute Gasteiger partial charge is 0.468 e. The van der Waals surface area contributed by atoms with Crippen LogP contribution in [0.3, 0.4) is 0 Å². The molecule has 1 aliphatic heterocycles. The van der Waals surface area contributed by atoms with E-state index in [0.29, 0.717) is 19.8 Å². The number of rotatable bonds is 5. The standard InChI is InChI=1S/C14H18BrNO3/c1-10-3-4-12(15)5-11(10)6-16-7-14(8-19-9-14)13(17)18-2/h3-5,16H,6-9H2,1-2H3. The van der Waals surface area contributed by atoms with Gasteiger partial charge >= 0.3 is 5.97 Å². The van der Waals surface area contributed by atoms with E-state index >= 15 is 0 Å². The first-order chi connectivity index (χ1) is 9.07. The summed E-state index contributed by atoms with van der Waals surface area (Å²) >= 11 is 3.47. The van der Waals surface area contributed by atoms with Crippen LogP contribution >= 0.6 is 15.9 Å². The van der Waals surface area contributed by atoms with Crippen LogP contribution in [0.1, 0.15) is 11.1 Å². The van der Waals surface area contributed by atoms with E-state index in [0.717, 1.165) is 11.0 Å². The third-order valence-corrected chi connectivity index (χ3v) is 3.96. The summed E-state index contributed by atoms with van der Waals surface area (Å²) in [6.07, 6.45) is 0. The molecule has 0 unspecified atom stereocenters. The van der Waals surface area contributed by atoms with E-state index in [4.69, 9.17) is 9.47 Å². The second-order valence-corrected chi connectivity index (χ2v) is 5.85. The quantitative estimate of drug-likeness (QED) is 0.841. The molecular weight excluding hydrogens is 310 g/mol. The van der Waals surface area contributed by atoms with E-state index in [9.17, 15) is 4.79 Å². The zero-order valence-corrected chi connectivity index (χ0v) is 12.7. The van der Waals surface area contributed by atoms with Crippen LogP contribution in [0.15, 0.2) is 22.7 Å². The van der Waals surface area contributed by atoms with Crippen molar-refractivity contribution in [1.82, 2.24) is 5.32 Å². The van der Waals surface area contributed by atoms with Crippen LogP contribution in [0.25, 0.3) is 0 Å². The lowest BCUT2D eigenvalue weighted by molar-refractivity contribution is -0.182. The molecule has 1 N–H and O–H groups in total. The molecule has 19 heavy (non-hydrogen) atoms. The van der Waals surface area contributed by atoms with Gasteiger partial charge in [0.05, 0.1) is 20.3 Å². The maximum absolute atomic E-state index is 11.7. The summed E-state index contributed by atoms with van der Waals surface area (Å²) < 4.78 is 11.1. The molecular formula is C14H18BrNO3. The van der Waals surface area contributed by atoms with E-state index in [1.807, 2.05) is 6.07 Å². The molecule has 1 aliphatic rings. The summed E-state index contributed by atoms with van der Waals surface area (Å²) in [7, 11) is 1.42. The Morgan fingerprint density at radius 2 is 2.26 bits per heavy atom. The minimum atomic E-state index is -0.505. The van der Waals surface area contributed by atoms with Gasteiger partial charge in [0.1, 0.15) is 5.41 Å². The number of halogens is 1. The van der Waals surface area contributed by atoms with Gasteiger partial charge in [-0.3, -0.25) is 4.79 Å². The third-order valence-electron chi connectivity index (χ3n) is 3.47. The van der Waals surface area contributed by atoms with E-state index in [-0.39, 0.29) is 5.97 Å². The maximum atomic E-state index is 11.7. The van der Waals surface area contributed by atoms with Crippen molar-refractivity contribution in [2.45, 2.75) is 13.5 Å². The molecule has 4 nitrogen and oxygen atoms in total. The molecule has 1 aromatic rings. The summed E-state index contributed by atoms with van der Waals surface area (Å²) in [5.74, 6) is -0.197. The lowest BCUT2D eigenvalue weighted by Crippen LogP contribution is -2.55. The molecule has 104 valence electrons. The second kappa shape index (κ2) is 6.03. The number of aryl methyl sites for hydroxylation is 1. The Bertz CT molecular complexity index is 472. The molecule has 1 fully saturated rings. The number of benzene rings is 1. The predicted molar refractivity (Wildman–Crippen MR) is 75.9 cm³/mol. The molecule has 0 aliphatic carbocycles. The van der Waals surface area contributed by atoms with Crippen molar-refractivity contribution in [3.05, 3.63) is 33.8 Å². The lowest BCUT2D eigenvalue weighted by Gasteiger charge is -2.38. The summed E-state index contributed by atoms with van der Waals surface area (Å²) in [6.45, 7) is 4.25. The molecule has 1 heterocycles. The minimum Gasteiger partial charge on any atom is -0.468 e. The smallest absolute Gasteiger partial charge is 0.317 e. The van der Waals surface area contributed by atoms with Gasteiger partial charge in [0, 0.05) is 17.6 Å². The highest BCUT2D eigenvalue weighted by Gasteiger charge is 2.46. The number of hydrogen-bond acceptors (Lipinski definition) is 4. The molecule has 0 saturated carbocycles. The average molecular weight is 328 g/mol. The molecule has 1 aromatic carbocycles. The van der Waals surface area contributed by atoms with E-state index in [2.05, 4.69) is 40.3 Å². The first-order valence-corrected chi connectivity index (χ1v) is 6.99. The molecule has 0 aromatic heterocycles. The summed E-state index contributed by atoms with van der Waals surface area (Å²) in [5.41, 5.74) is 1.94. The van der Waals surface area contributed by atoms with Crippen molar-refractivity contribution in [3.8, 4) is 0 Å². The van der Waals surface area contributed by atoms with Gasteiger partial charge in [-0.1, -0.05) is 22.0 Å². The molecule has 0 bridgehead atoms. The highest BCUT2D eigenvalue weighted by molar-refractivity contribution is 9.10. The Morgan fingerprint density at radius 1 is 1.53 bits per heavy atom. The van der Waals surface area contributed by atoms with Crippen molar-refractivity contribution < 1.29 is 14.3 Å². The Labute approximate surface area is 121 Å². The fourth-order valence-corrected chi connectivity index (χ4v) is 2.53. The molecule has 1 saturated heterocycles. The van der Waals surface area contributed by atoms with Gasteiger partial charge in [0.15, 0.2) is 0 Å². The number of esters is 1. The Balaban J connectivity index is 1.92. The minimum absolute atomic E-state index is 0.197. The highest BCUT2D eigenvalue weighted by atomic mass is 79.9. The van der Waals surface area contributed by atoms with Crippen LogP contribution in [0, 0.1) is 12.3 Å². The van der Waals surface area contributed by atoms with Crippen LogP contribution in [0.2, 0.25) is 0 Å². The van der Waals surface area contributed by atoms with Crippen LogP contribution in [-0.4, -0.2) is 32.8 Å². The molecule has 0 amide bonds. The van der Waals surface area contributed by atoms with Crippen LogP contribution in [0.5, 0.6) is 0 Å².